The number of alkyl carbamates (subject to hydrolysis) is 1. The second-order valence-electron chi connectivity index (χ2n) is 6.34. The third-order valence-corrected chi connectivity index (χ3v) is 4.46. The smallest absolute Gasteiger partial charge is 0.407 e. The monoisotopic (exact) mass is 335 g/mol. The lowest BCUT2D eigenvalue weighted by molar-refractivity contribution is -0.148. The van der Waals surface area contributed by atoms with Crippen molar-refractivity contribution < 1.29 is 24.5 Å². The van der Waals surface area contributed by atoms with Crippen molar-refractivity contribution in [2.24, 2.45) is 5.92 Å². The SMILES string of the molecule is O=C(N[C@@H](CC1CCCCC1)[C@@H](O)C(=O)O)OCc1ccccc1. The number of aliphatic hydroxyl groups excluding tert-OH is 1. The van der Waals surface area contributed by atoms with E-state index >= 15 is 0 Å². The number of benzene rings is 1. The molecular formula is C18H25NO5. The minimum Gasteiger partial charge on any atom is -0.479 e. The van der Waals surface area contributed by atoms with Gasteiger partial charge in [0.1, 0.15) is 6.61 Å². The normalized spacial score (nSPS) is 17.7. The van der Waals surface area contributed by atoms with Crippen LogP contribution in [0.4, 0.5) is 4.79 Å². The Morgan fingerprint density at radius 1 is 1.17 bits per heavy atom. The minimum atomic E-state index is -1.63. The second-order valence-corrected chi connectivity index (χ2v) is 6.34. The lowest BCUT2D eigenvalue weighted by atomic mass is 9.83. The van der Waals surface area contributed by atoms with Gasteiger partial charge in [-0.25, -0.2) is 9.59 Å². The Bertz CT molecular complexity index is 527. The predicted octanol–water partition coefficient (Wildman–Crippen LogP) is 2.70. The summed E-state index contributed by atoms with van der Waals surface area (Å²) in [5.41, 5.74) is 0.843. The van der Waals surface area contributed by atoms with Crippen LogP contribution in [0.15, 0.2) is 30.3 Å². The van der Waals surface area contributed by atoms with Crippen molar-refractivity contribution in [2.45, 2.75) is 57.3 Å². The number of amides is 1. The van der Waals surface area contributed by atoms with Gasteiger partial charge in [0, 0.05) is 0 Å². The van der Waals surface area contributed by atoms with Crippen LogP contribution in [-0.2, 0) is 16.1 Å². The van der Waals surface area contributed by atoms with Crippen LogP contribution in [0, 0.1) is 5.92 Å². The summed E-state index contributed by atoms with van der Waals surface area (Å²) in [7, 11) is 0. The van der Waals surface area contributed by atoms with Gasteiger partial charge in [0.05, 0.1) is 6.04 Å². The molecule has 6 nitrogen and oxygen atoms in total. The van der Waals surface area contributed by atoms with Gasteiger partial charge in [0.15, 0.2) is 6.10 Å². The van der Waals surface area contributed by atoms with Crippen LogP contribution in [-0.4, -0.2) is 34.4 Å². The van der Waals surface area contributed by atoms with Crippen molar-refractivity contribution >= 4 is 12.1 Å². The highest BCUT2D eigenvalue weighted by atomic mass is 16.5. The summed E-state index contributed by atoms with van der Waals surface area (Å²) in [4.78, 5) is 23.1. The lowest BCUT2D eigenvalue weighted by Gasteiger charge is -2.28. The summed E-state index contributed by atoms with van der Waals surface area (Å²) >= 11 is 0. The highest BCUT2D eigenvalue weighted by Crippen LogP contribution is 2.28. The first-order valence-electron chi connectivity index (χ1n) is 8.44. The third kappa shape index (κ3) is 5.85. The summed E-state index contributed by atoms with van der Waals surface area (Å²) in [5, 5.41) is 21.5. The number of ether oxygens (including phenoxy) is 1. The van der Waals surface area contributed by atoms with Crippen LogP contribution in [0.5, 0.6) is 0 Å². The molecule has 132 valence electrons. The number of carbonyl (C=O) groups is 2. The first-order chi connectivity index (χ1) is 11.6. The van der Waals surface area contributed by atoms with Crippen LogP contribution in [0.25, 0.3) is 0 Å². The quantitative estimate of drug-likeness (QED) is 0.712. The average molecular weight is 335 g/mol. The van der Waals surface area contributed by atoms with Gasteiger partial charge in [0.25, 0.3) is 0 Å². The summed E-state index contributed by atoms with van der Waals surface area (Å²) in [6.07, 6.45) is 3.53. The van der Waals surface area contributed by atoms with Gasteiger partial charge in [-0.15, -0.1) is 0 Å². The first-order valence-corrected chi connectivity index (χ1v) is 8.44. The van der Waals surface area contributed by atoms with Crippen molar-refractivity contribution in [3.8, 4) is 0 Å². The molecule has 0 heterocycles. The molecule has 1 saturated carbocycles. The fourth-order valence-electron chi connectivity index (χ4n) is 3.14. The molecule has 1 aliphatic carbocycles. The maximum Gasteiger partial charge on any atom is 0.407 e. The van der Waals surface area contributed by atoms with Crippen molar-refractivity contribution in [1.29, 1.82) is 0 Å². The van der Waals surface area contributed by atoms with Crippen LogP contribution in [0.1, 0.15) is 44.1 Å². The number of rotatable bonds is 7. The van der Waals surface area contributed by atoms with Crippen LogP contribution in [0.3, 0.4) is 0 Å². The van der Waals surface area contributed by atoms with Gasteiger partial charge in [-0.1, -0.05) is 62.4 Å². The fourth-order valence-corrected chi connectivity index (χ4v) is 3.14. The topological polar surface area (TPSA) is 95.9 Å². The van der Waals surface area contributed by atoms with Crippen LogP contribution in [0.2, 0.25) is 0 Å². The van der Waals surface area contributed by atoms with Gasteiger partial charge >= 0.3 is 12.1 Å². The number of hydrogen-bond acceptors (Lipinski definition) is 4. The molecular weight excluding hydrogens is 310 g/mol. The number of carbonyl (C=O) groups excluding carboxylic acids is 1. The molecule has 3 N–H and O–H groups in total. The molecule has 0 aromatic heterocycles. The number of aliphatic hydroxyl groups is 1. The van der Waals surface area contributed by atoms with E-state index in [-0.39, 0.29) is 6.61 Å². The highest BCUT2D eigenvalue weighted by molar-refractivity contribution is 5.75. The Kier molecular flexibility index (Phi) is 7.06. The molecule has 0 saturated heterocycles. The van der Waals surface area contributed by atoms with Crippen molar-refractivity contribution in [1.82, 2.24) is 5.32 Å². The zero-order valence-electron chi connectivity index (χ0n) is 13.7. The van der Waals surface area contributed by atoms with E-state index in [9.17, 15) is 14.7 Å². The van der Waals surface area contributed by atoms with E-state index in [1.807, 2.05) is 30.3 Å². The molecule has 1 aliphatic rings. The molecule has 1 aromatic carbocycles. The van der Waals surface area contributed by atoms with Gasteiger partial charge < -0.3 is 20.3 Å². The molecule has 6 heteroatoms. The van der Waals surface area contributed by atoms with Gasteiger partial charge in [0.2, 0.25) is 0 Å². The molecule has 0 radical (unpaired) electrons. The van der Waals surface area contributed by atoms with E-state index in [4.69, 9.17) is 9.84 Å². The Labute approximate surface area is 141 Å². The Morgan fingerprint density at radius 2 is 1.83 bits per heavy atom. The molecule has 1 aromatic rings. The van der Waals surface area contributed by atoms with Gasteiger partial charge in [-0.05, 0) is 17.9 Å². The number of carboxylic acid groups (broad SMARTS) is 1. The molecule has 2 rings (SSSR count). The largest absolute Gasteiger partial charge is 0.479 e. The van der Waals surface area contributed by atoms with Crippen LogP contribution < -0.4 is 5.32 Å². The summed E-state index contributed by atoms with van der Waals surface area (Å²) in [6, 6.07) is 8.38. The van der Waals surface area contributed by atoms with Gasteiger partial charge in [-0.2, -0.15) is 0 Å². The number of hydrogen-bond donors (Lipinski definition) is 3. The second kappa shape index (κ2) is 9.27. The molecule has 0 aliphatic heterocycles. The van der Waals surface area contributed by atoms with Crippen molar-refractivity contribution in [3.63, 3.8) is 0 Å². The molecule has 0 bridgehead atoms. The number of carboxylic acids is 1. The summed E-state index contributed by atoms with van der Waals surface area (Å²) < 4.78 is 5.12. The number of aliphatic carboxylic acids is 1. The molecule has 1 fully saturated rings. The molecule has 0 unspecified atom stereocenters. The van der Waals surface area contributed by atoms with Crippen LogP contribution >= 0.6 is 0 Å². The standard InChI is InChI=1S/C18H25NO5/c20-16(17(21)22)15(11-13-7-3-1-4-8-13)19-18(23)24-12-14-9-5-2-6-10-14/h2,5-6,9-10,13,15-16,20H,1,3-4,7-8,11-12H2,(H,19,23)(H,21,22)/t15-,16+/m0/s1. The lowest BCUT2D eigenvalue weighted by Crippen LogP contribution is -2.48. The Hall–Kier alpha value is -2.08. The molecule has 24 heavy (non-hydrogen) atoms. The van der Waals surface area contributed by atoms with Gasteiger partial charge in [-0.3, -0.25) is 0 Å². The van der Waals surface area contributed by atoms with E-state index in [1.54, 1.807) is 0 Å². The maximum atomic E-state index is 12.0. The van der Waals surface area contributed by atoms with E-state index < -0.39 is 24.2 Å². The maximum absolute atomic E-state index is 12.0. The molecule has 0 spiro atoms. The summed E-state index contributed by atoms with van der Waals surface area (Å²) in [5.74, 6) is -1.01. The minimum absolute atomic E-state index is 0.103. The fraction of sp³-hybridized carbons (Fsp3) is 0.556. The molecule has 2 atom stereocenters. The zero-order chi connectivity index (χ0) is 17.4. The van der Waals surface area contributed by atoms with E-state index in [1.165, 1.54) is 6.42 Å². The molecule has 1 amide bonds. The Morgan fingerprint density at radius 3 is 2.46 bits per heavy atom. The van der Waals surface area contributed by atoms with E-state index in [0.717, 1.165) is 31.2 Å². The van der Waals surface area contributed by atoms with Crippen molar-refractivity contribution in [2.75, 3.05) is 0 Å². The van der Waals surface area contributed by atoms with E-state index in [0.29, 0.717) is 12.3 Å². The predicted molar refractivity (Wildman–Crippen MR) is 88.4 cm³/mol. The average Bonchev–Trinajstić information content (AvgIpc) is 2.60. The zero-order valence-corrected chi connectivity index (χ0v) is 13.7. The number of nitrogens with one attached hydrogen (secondary N) is 1. The Balaban J connectivity index is 1.88. The first kappa shape index (κ1) is 18.3. The summed E-state index contributed by atoms with van der Waals surface area (Å²) in [6.45, 7) is 0.103. The highest BCUT2D eigenvalue weighted by Gasteiger charge is 2.30. The van der Waals surface area contributed by atoms with Crippen molar-refractivity contribution in [3.05, 3.63) is 35.9 Å². The third-order valence-electron chi connectivity index (χ3n) is 4.46. The van der Waals surface area contributed by atoms with E-state index in [2.05, 4.69) is 5.32 Å².